The summed E-state index contributed by atoms with van der Waals surface area (Å²) in [6, 6.07) is -3.89. The van der Waals surface area contributed by atoms with Gasteiger partial charge in [-0.05, 0) is 63.6 Å². The van der Waals surface area contributed by atoms with Gasteiger partial charge in [-0.2, -0.15) is 11.8 Å². The van der Waals surface area contributed by atoms with E-state index in [1.165, 1.54) is 11.8 Å². The number of thioether (sulfide) groups is 1. The van der Waals surface area contributed by atoms with Gasteiger partial charge in [0.2, 0.25) is 23.6 Å². The Balaban J connectivity index is 2.89. The molecule has 1 aliphatic rings. The molecule has 1 heterocycles. The molecule has 0 aromatic carbocycles. The predicted octanol–water partition coefficient (Wildman–Crippen LogP) is -1.97. The fourth-order valence-corrected chi connectivity index (χ4v) is 3.86. The molecule has 12 nitrogen and oxygen atoms in total. The van der Waals surface area contributed by atoms with Crippen LogP contribution in [0.1, 0.15) is 44.9 Å². The van der Waals surface area contributed by atoms with Crippen molar-refractivity contribution < 1.29 is 29.1 Å². The first-order chi connectivity index (χ1) is 15.7. The van der Waals surface area contributed by atoms with Crippen LogP contribution in [-0.4, -0.2) is 84.0 Å². The Kier molecular flexibility index (Phi) is 13.4. The maximum Gasteiger partial charge on any atom is 0.326 e. The second-order valence-corrected chi connectivity index (χ2v) is 8.89. The summed E-state index contributed by atoms with van der Waals surface area (Å²) in [6.45, 7) is 1.13. The van der Waals surface area contributed by atoms with Crippen molar-refractivity contribution in [2.24, 2.45) is 11.5 Å². The molecule has 1 aliphatic heterocycles. The van der Waals surface area contributed by atoms with E-state index in [1.807, 2.05) is 0 Å². The van der Waals surface area contributed by atoms with Crippen molar-refractivity contribution in [1.82, 2.24) is 21.3 Å². The molecule has 0 aromatic rings. The van der Waals surface area contributed by atoms with Crippen molar-refractivity contribution in [3.05, 3.63) is 0 Å². The van der Waals surface area contributed by atoms with Gasteiger partial charge in [-0.25, -0.2) is 4.79 Å². The Hall–Kier alpha value is -2.38. The van der Waals surface area contributed by atoms with Crippen LogP contribution in [0.5, 0.6) is 0 Å². The zero-order valence-electron chi connectivity index (χ0n) is 18.9. The standard InChI is InChI=1S/C20H36N6O6S/c1-33-10-7-14(20(31)32)25-19(30)15(11-16(22)27)26-18(29)13(5-2-3-8-21)24-17(28)12-6-4-9-23-12/h12-15,23H,2-11,21H2,1H3,(H2,22,27)(H,24,28)(H,25,30)(H,26,29)(H,31,32). The number of nitrogens with two attached hydrogens (primary N) is 2. The Morgan fingerprint density at radius 2 is 1.70 bits per heavy atom. The highest BCUT2D eigenvalue weighted by Gasteiger charge is 2.31. The molecule has 4 atom stereocenters. The number of hydrogen-bond donors (Lipinski definition) is 7. The molecule has 9 N–H and O–H groups in total. The van der Waals surface area contributed by atoms with E-state index < -0.39 is 54.3 Å². The summed E-state index contributed by atoms with van der Waals surface area (Å²) in [5, 5.41) is 19.9. The lowest BCUT2D eigenvalue weighted by Gasteiger charge is -2.24. The summed E-state index contributed by atoms with van der Waals surface area (Å²) < 4.78 is 0. The van der Waals surface area contributed by atoms with Crippen molar-refractivity contribution in [3.63, 3.8) is 0 Å². The lowest BCUT2D eigenvalue weighted by Crippen LogP contribution is -2.57. The lowest BCUT2D eigenvalue weighted by atomic mass is 10.1. The number of hydrogen-bond acceptors (Lipinski definition) is 8. The van der Waals surface area contributed by atoms with Gasteiger partial charge in [0.25, 0.3) is 0 Å². The van der Waals surface area contributed by atoms with Gasteiger partial charge in [0.05, 0.1) is 12.5 Å². The van der Waals surface area contributed by atoms with E-state index in [2.05, 4.69) is 21.3 Å². The van der Waals surface area contributed by atoms with E-state index in [0.29, 0.717) is 38.1 Å². The molecular weight excluding hydrogens is 452 g/mol. The quantitative estimate of drug-likeness (QED) is 0.120. The van der Waals surface area contributed by atoms with Crippen molar-refractivity contribution in [2.75, 3.05) is 25.1 Å². The van der Waals surface area contributed by atoms with Crippen LogP contribution in [-0.2, 0) is 24.0 Å². The molecule has 0 spiro atoms. The Bertz CT molecular complexity index is 688. The summed E-state index contributed by atoms with van der Waals surface area (Å²) in [7, 11) is 0. The van der Waals surface area contributed by atoms with Crippen LogP contribution in [0.2, 0.25) is 0 Å². The average Bonchev–Trinajstić information content (AvgIpc) is 3.29. The highest BCUT2D eigenvalue weighted by Crippen LogP contribution is 2.08. The van der Waals surface area contributed by atoms with Gasteiger partial charge in [0.1, 0.15) is 18.1 Å². The number of amides is 4. The zero-order chi connectivity index (χ0) is 24.8. The van der Waals surface area contributed by atoms with Gasteiger partial charge < -0.3 is 37.8 Å². The van der Waals surface area contributed by atoms with Crippen LogP contribution in [0.25, 0.3) is 0 Å². The second kappa shape index (κ2) is 15.5. The molecule has 0 aromatic heterocycles. The fraction of sp³-hybridized carbons (Fsp3) is 0.750. The first-order valence-electron chi connectivity index (χ1n) is 11.0. The Labute approximate surface area is 197 Å². The van der Waals surface area contributed by atoms with Gasteiger partial charge in [-0.1, -0.05) is 0 Å². The molecule has 4 amide bonds. The molecule has 1 rings (SSSR count). The van der Waals surface area contributed by atoms with E-state index in [9.17, 15) is 29.1 Å². The van der Waals surface area contributed by atoms with Gasteiger partial charge in [0, 0.05) is 0 Å². The van der Waals surface area contributed by atoms with E-state index in [4.69, 9.17) is 11.5 Å². The first kappa shape index (κ1) is 28.7. The van der Waals surface area contributed by atoms with Crippen molar-refractivity contribution >= 4 is 41.4 Å². The van der Waals surface area contributed by atoms with E-state index in [1.54, 1.807) is 6.26 Å². The molecule has 0 saturated carbocycles. The highest BCUT2D eigenvalue weighted by atomic mass is 32.2. The number of rotatable bonds is 16. The SMILES string of the molecule is CSCCC(NC(=O)C(CC(N)=O)NC(=O)C(CCCCN)NC(=O)C1CCCN1)C(=O)O. The topological polar surface area (TPSA) is 206 Å². The predicted molar refractivity (Wildman–Crippen MR) is 124 cm³/mol. The van der Waals surface area contributed by atoms with E-state index in [0.717, 1.165) is 6.42 Å². The van der Waals surface area contributed by atoms with Gasteiger partial charge in [-0.3, -0.25) is 19.2 Å². The minimum Gasteiger partial charge on any atom is -0.480 e. The molecule has 0 radical (unpaired) electrons. The zero-order valence-corrected chi connectivity index (χ0v) is 19.7. The molecule has 1 saturated heterocycles. The molecule has 1 fully saturated rings. The Morgan fingerprint density at radius 3 is 2.24 bits per heavy atom. The molecule has 4 unspecified atom stereocenters. The largest absolute Gasteiger partial charge is 0.480 e. The molecular formula is C20H36N6O6S. The molecule has 33 heavy (non-hydrogen) atoms. The molecule has 0 bridgehead atoms. The normalized spacial score (nSPS) is 18.1. The minimum absolute atomic E-state index is 0.172. The van der Waals surface area contributed by atoms with E-state index in [-0.39, 0.29) is 18.7 Å². The number of nitrogens with one attached hydrogen (secondary N) is 4. The third-order valence-corrected chi connectivity index (χ3v) is 5.86. The van der Waals surface area contributed by atoms with Crippen LogP contribution in [0.4, 0.5) is 0 Å². The summed E-state index contributed by atoms with van der Waals surface area (Å²) in [5.74, 6) is -3.38. The molecule has 188 valence electrons. The number of aliphatic carboxylic acids is 1. The van der Waals surface area contributed by atoms with Crippen LogP contribution in [0.15, 0.2) is 0 Å². The van der Waals surface area contributed by atoms with Gasteiger partial charge in [0.15, 0.2) is 0 Å². The number of primary amides is 1. The smallest absolute Gasteiger partial charge is 0.326 e. The van der Waals surface area contributed by atoms with Crippen LogP contribution >= 0.6 is 11.8 Å². The first-order valence-corrected chi connectivity index (χ1v) is 12.4. The Morgan fingerprint density at radius 1 is 1.03 bits per heavy atom. The average molecular weight is 489 g/mol. The van der Waals surface area contributed by atoms with Crippen molar-refractivity contribution in [3.8, 4) is 0 Å². The molecule has 13 heteroatoms. The van der Waals surface area contributed by atoms with Crippen LogP contribution in [0.3, 0.4) is 0 Å². The number of unbranched alkanes of at least 4 members (excludes halogenated alkanes) is 1. The third-order valence-electron chi connectivity index (χ3n) is 5.22. The van der Waals surface area contributed by atoms with Gasteiger partial charge >= 0.3 is 5.97 Å². The number of carboxylic acids is 1. The summed E-state index contributed by atoms with van der Waals surface area (Å²) in [4.78, 5) is 61.1. The monoisotopic (exact) mass is 488 g/mol. The van der Waals surface area contributed by atoms with Crippen LogP contribution in [0, 0.1) is 0 Å². The number of carboxylic acid groups (broad SMARTS) is 1. The summed E-state index contributed by atoms with van der Waals surface area (Å²) in [5.41, 5.74) is 10.8. The fourth-order valence-electron chi connectivity index (χ4n) is 3.39. The number of carbonyl (C=O) groups excluding carboxylic acids is 4. The van der Waals surface area contributed by atoms with Crippen molar-refractivity contribution in [2.45, 2.75) is 69.1 Å². The van der Waals surface area contributed by atoms with Crippen LogP contribution < -0.4 is 32.7 Å². The summed E-state index contributed by atoms with van der Waals surface area (Å²) in [6.07, 6.45) is 4.46. The lowest BCUT2D eigenvalue weighted by molar-refractivity contribution is -0.142. The summed E-state index contributed by atoms with van der Waals surface area (Å²) >= 11 is 1.42. The molecule has 0 aliphatic carbocycles. The third kappa shape index (κ3) is 10.9. The maximum absolute atomic E-state index is 12.9. The maximum atomic E-state index is 12.9. The van der Waals surface area contributed by atoms with Crippen molar-refractivity contribution in [1.29, 1.82) is 0 Å². The second-order valence-electron chi connectivity index (χ2n) is 7.91. The highest BCUT2D eigenvalue weighted by molar-refractivity contribution is 7.98. The van der Waals surface area contributed by atoms with Gasteiger partial charge in [-0.15, -0.1) is 0 Å². The number of carbonyl (C=O) groups is 5. The van der Waals surface area contributed by atoms with E-state index >= 15 is 0 Å². The minimum atomic E-state index is -1.37.